The van der Waals surface area contributed by atoms with Crippen molar-refractivity contribution in [1.29, 1.82) is 0 Å². The molecule has 1 N–H and O–H groups in total. The maximum Gasteiger partial charge on any atom is 0.161 e. The predicted octanol–water partition coefficient (Wildman–Crippen LogP) is 2.23. The van der Waals surface area contributed by atoms with Crippen LogP contribution in [0.4, 0.5) is 0 Å². The molecule has 0 amide bonds. The van der Waals surface area contributed by atoms with Gasteiger partial charge < -0.3 is 14.7 Å². The lowest BCUT2D eigenvalue weighted by atomic mass is 10.2. The van der Waals surface area contributed by atoms with E-state index in [9.17, 15) is 0 Å². The van der Waals surface area contributed by atoms with Gasteiger partial charge >= 0.3 is 0 Å². The summed E-state index contributed by atoms with van der Waals surface area (Å²) in [5.41, 5.74) is 0.794. The van der Waals surface area contributed by atoms with Gasteiger partial charge in [-0.2, -0.15) is 0 Å². The Balaban J connectivity index is 3.27. The Morgan fingerprint density at radius 1 is 1.27 bits per heavy atom. The molecule has 0 spiro atoms. The molecule has 0 saturated heterocycles. The third-order valence-corrected chi connectivity index (χ3v) is 2.73. The lowest BCUT2D eigenvalue weighted by Gasteiger charge is -2.10. The molecule has 0 aliphatic heterocycles. The summed E-state index contributed by atoms with van der Waals surface area (Å²) in [7, 11) is 3.15. The van der Waals surface area contributed by atoms with Crippen LogP contribution in [0.2, 0.25) is 0 Å². The van der Waals surface area contributed by atoms with E-state index in [1.165, 1.54) is 6.21 Å². The molecule has 5 heteroatoms. The first-order valence-corrected chi connectivity index (χ1v) is 5.46. The summed E-state index contributed by atoms with van der Waals surface area (Å²) in [6.07, 6.45) is 3.31. The summed E-state index contributed by atoms with van der Waals surface area (Å²) in [6, 6.07) is 3.62. The van der Waals surface area contributed by atoms with E-state index in [1.54, 1.807) is 32.0 Å². The van der Waals surface area contributed by atoms with Crippen LogP contribution in [0, 0.1) is 0 Å². The molecule has 82 valence electrons. The number of benzene rings is 1. The molecule has 0 aliphatic carbocycles. The monoisotopic (exact) mass is 227 g/mol. The fraction of sp³-hybridized carbons (Fsp3) is 0.300. The highest BCUT2D eigenvalue weighted by Gasteiger charge is 2.09. The second-order valence-corrected chi connectivity index (χ2v) is 3.54. The summed E-state index contributed by atoms with van der Waals surface area (Å²) in [5.74, 6) is 1.28. The number of nitrogens with zero attached hydrogens (tertiary/aromatic N) is 1. The molecular weight excluding hydrogens is 214 g/mol. The zero-order valence-corrected chi connectivity index (χ0v) is 9.67. The summed E-state index contributed by atoms with van der Waals surface area (Å²) in [4.78, 5) is 0.963. The van der Waals surface area contributed by atoms with Crippen molar-refractivity contribution in [3.05, 3.63) is 17.7 Å². The van der Waals surface area contributed by atoms with E-state index in [-0.39, 0.29) is 0 Å². The SMILES string of the molecule is COc1cc(/C=N\O)c(SC)cc1OC. The molecule has 1 rings (SSSR count). The first-order valence-electron chi connectivity index (χ1n) is 4.24. The highest BCUT2D eigenvalue weighted by Crippen LogP contribution is 2.33. The molecule has 1 aromatic rings. The maximum absolute atomic E-state index is 8.52. The standard InChI is InChI=1S/C10H13NO3S/c1-13-8-4-7(6-11-12)10(15-3)5-9(8)14-2/h4-6,12H,1-3H3/b11-6-. The third kappa shape index (κ3) is 2.56. The van der Waals surface area contributed by atoms with E-state index >= 15 is 0 Å². The predicted molar refractivity (Wildman–Crippen MR) is 60.7 cm³/mol. The van der Waals surface area contributed by atoms with Gasteiger partial charge in [-0.15, -0.1) is 11.8 Å². The van der Waals surface area contributed by atoms with Crippen LogP contribution in [0.5, 0.6) is 11.5 Å². The van der Waals surface area contributed by atoms with Crippen LogP contribution in [-0.4, -0.2) is 31.9 Å². The first kappa shape index (κ1) is 11.7. The van der Waals surface area contributed by atoms with Crippen LogP contribution in [-0.2, 0) is 0 Å². The molecule has 0 heterocycles. The largest absolute Gasteiger partial charge is 0.493 e. The molecule has 0 unspecified atom stereocenters. The molecule has 0 saturated carbocycles. The van der Waals surface area contributed by atoms with Crippen LogP contribution in [0.25, 0.3) is 0 Å². The molecule has 0 fully saturated rings. The van der Waals surface area contributed by atoms with Crippen molar-refractivity contribution in [3.63, 3.8) is 0 Å². The Morgan fingerprint density at radius 2 is 1.87 bits per heavy atom. The summed E-state index contributed by atoms with van der Waals surface area (Å²) >= 11 is 1.55. The van der Waals surface area contributed by atoms with E-state index in [4.69, 9.17) is 14.7 Å². The second kappa shape index (κ2) is 5.50. The van der Waals surface area contributed by atoms with Gasteiger partial charge in [0.15, 0.2) is 11.5 Å². The Kier molecular flexibility index (Phi) is 4.30. The number of oxime groups is 1. The average molecular weight is 227 g/mol. The van der Waals surface area contributed by atoms with E-state index in [0.717, 1.165) is 10.5 Å². The molecular formula is C10H13NO3S. The number of rotatable bonds is 4. The molecule has 0 radical (unpaired) electrons. The smallest absolute Gasteiger partial charge is 0.161 e. The summed E-state index contributed by atoms with van der Waals surface area (Å²) < 4.78 is 10.3. The van der Waals surface area contributed by atoms with Crippen LogP contribution in [0.15, 0.2) is 22.2 Å². The fourth-order valence-electron chi connectivity index (χ4n) is 1.22. The Labute approximate surface area is 92.9 Å². The van der Waals surface area contributed by atoms with Crippen molar-refractivity contribution in [3.8, 4) is 11.5 Å². The van der Waals surface area contributed by atoms with Crippen LogP contribution in [0.1, 0.15) is 5.56 Å². The average Bonchev–Trinajstić information content (AvgIpc) is 2.28. The van der Waals surface area contributed by atoms with Crippen LogP contribution >= 0.6 is 11.8 Å². The summed E-state index contributed by atoms with van der Waals surface area (Å²) in [5, 5.41) is 11.5. The topological polar surface area (TPSA) is 51.0 Å². The minimum absolute atomic E-state index is 0.616. The van der Waals surface area contributed by atoms with Gasteiger partial charge in [-0.3, -0.25) is 0 Å². The minimum Gasteiger partial charge on any atom is -0.493 e. The van der Waals surface area contributed by atoms with Gasteiger partial charge in [-0.25, -0.2) is 0 Å². The summed E-state index contributed by atoms with van der Waals surface area (Å²) in [6.45, 7) is 0. The van der Waals surface area contributed by atoms with Crippen molar-refractivity contribution in [2.75, 3.05) is 20.5 Å². The number of hydrogen-bond acceptors (Lipinski definition) is 5. The number of hydrogen-bond donors (Lipinski definition) is 1. The van der Waals surface area contributed by atoms with E-state index in [2.05, 4.69) is 5.16 Å². The molecule has 0 bridgehead atoms. The molecule has 1 aromatic carbocycles. The van der Waals surface area contributed by atoms with Crippen LogP contribution < -0.4 is 9.47 Å². The first-order chi connectivity index (χ1) is 7.26. The van der Waals surface area contributed by atoms with E-state index in [0.29, 0.717) is 11.5 Å². The highest BCUT2D eigenvalue weighted by molar-refractivity contribution is 7.98. The van der Waals surface area contributed by atoms with Gasteiger partial charge in [-0.1, -0.05) is 5.16 Å². The number of methoxy groups -OCH3 is 2. The molecule has 0 aromatic heterocycles. The number of thioether (sulfide) groups is 1. The second-order valence-electron chi connectivity index (χ2n) is 2.69. The Hall–Kier alpha value is -1.36. The lowest BCUT2D eigenvalue weighted by molar-refractivity contribution is 0.321. The van der Waals surface area contributed by atoms with Gasteiger partial charge in [0.05, 0.1) is 20.4 Å². The van der Waals surface area contributed by atoms with Crippen molar-refractivity contribution >= 4 is 18.0 Å². The van der Waals surface area contributed by atoms with Gasteiger partial charge in [0.1, 0.15) is 0 Å². The zero-order chi connectivity index (χ0) is 11.3. The quantitative estimate of drug-likeness (QED) is 0.371. The fourth-order valence-corrected chi connectivity index (χ4v) is 1.79. The molecule has 0 aliphatic rings. The maximum atomic E-state index is 8.52. The van der Waals surface area contributed by atoms with Gasteiger partial charge in [0.25, 0.3) is 0 Å². The van der Waals surface area contributed by atoms with Gasteiger partial charge in [0, 0.05) is 10.5 Å². The Bertz CT molecular complexity index is 366. The highest BCUT2D eigenvalue weighted by atomic mass is 32.2. The zero-order valence-electron chi connectivity index (χ0n) is 8.85. The van der Waals surface area contributed by atoms with Crippen molar-refractivity contribution in [2.45, 2.75) is 4.90 Å². The molecule has 0 atom stereocenters. The molecule has 15 heavy (non-hydrogen) atoms. The van der Waals surface area contributed by atoms with E-state index in [1.807, 2.05) is 12.3 Å². The minimum atomic E-state index is 0.616. The third-order valence-electron chi connectivity index (χ3n) is 1.93. The van der Waals surface area contributed by atoms with E-state index < -0.39 is 0 Å². The van der Waals surface area contributed by atoms with Crippen molar-refractivity contribution in [2.24, 2.45) is 5.16 Å². The van der Waals surface area contributed by atoms with Crippen molar-refractivity contribution < 1.29 is 14.7 Å². The van der Waals surface area contributed by atoms with Gasteiger partial charge in [0.2, 0.25) is 0 Å². The lowest BCUT2D eigenvalue weighted by Crippen LogP contribution is -1.94. The Morgan fingerprint density at radius 3 is 2.33 bits per heavy atom. The molecule has 4 nitrogen and oxygen atoms in total. The normalized spacial score (nSPS) is 10.6. The van der Waals surface area contributed by atoms with Gasteiger partial charge in [-0.05, 0) is 18.4 Å². The number of ether oxygens (including phenoxy) is 2. The van der Waals surface area contributed by atoms with Crippen LogP contribution in [0.3, 0.4) is 0 Å². The van der Waals surface area contributed by atoms with Crippen molar-refractivity contribution in [1.82, 2.24) is 0 Å².